The molecule has 0 spiro atoms. The molecular weight excluding hydrogens is 244 g/mol. The van der Waals surface area contributed by atoms with E-state index in [1.165, 1.54) is 0 Å². The SMILES string of the molecule is Cc1ccc(NC(=O)CN2CC(O)C(O)C2)c(C)c1. The van der Waals surface area contributed by atoms with Crippen LogP contribution in [0.4, 0.5) is 5.69 Å². The van der Waals surface area contributed by atoms with Crippen LogP contribution < -0.4 is 5.32 Å². The second-order valence-corrected chi connectivity index (χ2v) is 5.20. The van der Waals surface area contributed by atoms with E-state index < -0.39 is 12.2 Å². The van der Waals surface area contributed by atoms with E-state index >= 15 is 0 Å². The Hall–Kier alpha value is -1.43. The van der Waals surface area contributed by atoms with Crippen LogP contribution in [-0.2, 0) is 4.79 Å². The number of rotatable bonds is 3. The number of aryl methyl sites for hydroxylation is 2. The van der Waals surface area contributed by atoms with Crippen molar-refractivity contribution in [2.75, 3.05) is 25.0 Å². The highest BCUT2D eigenvalue weighted by Gasteiger charge is 2.30. The van der Waals surface area contributed by atoms with Gasteiger partial charge in [-0.05, 0) is 25.5 Å². The number of likely N-dealkylation sites (tertiary alicyclic amines) is 1. The van der Waals surface area contributed by atoms with Crippen molar-refractivity contribution in [3.8, 4) is 0 Å². The Morgan fingerprint density at radius 1 is 1.32 bits per heavy atom. The highest BCUT2D eigenvalue weighted by Crippen LogP contribution is 2.16. The van der Waals surface area contributed by atoms with Gasteiger partial charge in [-0.15, -0.1) is 0 Å². The maximum Gasteiger partial charge on any atom is 0.238 e. The minimum Gasteiger partial charge on any atom is -0.389 e. The predicted octanol–water partition coefficient (Wildman–Crippen LogP) is 0.279. The van der Waals surface area contributed by atoms with Crippen molar-refractivity contribution >= 4 is 11.6 Å². The lowest BCUT2D eigenvalue weighted by atomic mass is 10.1. The molecular formula is C14H20N2O3. The first-order chi connectivity index (χ1) is 8.95. The Morgan fingerprint density at radius 2 is 1.95 bits per heavy atom. The van der Waals surface area contributed by atoms with Gasteiger partial charge in [-0.25, -0.2) is 0 Å². The summed E-state index contributed by atoms with van der Waals surface area (Å²) < 4.78 is 0. The zero-order valence-corrected chi connectivity index (χ0v) is 11.3. The van der Waals surface area contributed by atoms with Crippen LogP contribution in [0.25, 0.3) is 0 Å². The molecule has 1 aromatic carbocycles. The lowest BCUT2D eigenvalue weighted by Crippen LogP contribution is -2.32. The number of aliphatic hydroxyl groups excluding tert-OH is 2. The number of hydrogen-bond acceptors (Lipinski definition) is 4. The Morgan fingerprint density at radius 3 is 2.53 bits per heavy atom. The Labute approximate surface area is 112 Å². The van der Waals surface area contributed by atoms with Crippen LogP contribution in [0, 0.1) is 13.8 Å². The molecule has 0 saturated carbocycles. The lowest BCUT2D eigenvalue weighted by Gasteiger charge is -2.15. The van der Waals surface area contributed by atoms with Gasteiger partial charge in [-0.1, -0.05) is 17.7 Å². The van der Waals surface area contributed by atoms with Crippen molar-refractivity contribution in [1.29, 1.82) is 0 Å². The topological polar surface area (TPSA) is 72.8 Å². The molecule has 5 nitrogen and oxygen atoms in total. The first-order valence-corrected chi connectivity index (χ1v) is 6.41. The third-order valence-electron chi connectivity index (χ3n) is 3.36. The molecule has 1 aliphatic rings. The molecule has 104 valence electrons. The largest absolute Gasteiger partial charge is 0.389 e. The summed E-state index contributed by atoms with van der Waals surface area (Å²) in [5, 5.41) is 21.7. The second-order valence-electron chi connectivity index (χ2n) is 5.20. The molecule has 1 amide bonds. The smallest absolute Gasteiger partial charge is 0.238 e. The summed E-state index contributed by atoms with van der Waals surface area (Å²) in [5.41, 5.74) is 2.98. The average Bonchev–Trinajstić information content (AvgIpc) is 2.62. The summed E-state index contributed by atoms with van der Waals surface area (Å²) in [4.78, 5) is 13.6. The van der Waals surface area contributed by atoms with Crippen LogP contribution in [0.15, 0.2) is 18.2 Å². The maximum absolute atomic E-state index is 11.9. The molecule has 1 heterocycles. The highest BCUT2D eigenvalue weighted by atomic mass is 16.3. The average molecular weight is 264 g/mol. The van der Waals surface area contributed by atoms with Crippen LogP contribution in [0.2, 0.25) is 0 Å². The fourth-order valence-electron chi connectivity index (χ4n) is 2.32. The van der Waals surface area contributed by atoms with Crippen molar-refractivity contribution in [1.82, 2.24) is 4.90 Å². The van der Waals surface area contributed by atoms with Crippen LogP contribution in [-0.4, -0.2) is 52.9 Å². The first-order valence-electron chi connectivity index (χ1n) is 6.41. The summed E-state index contributed by atoms with van der Waals surface area (Å²) in [6.45, 7) is 4.81. The number of β-amino-alcohol motifs (C(OH)–C–C–N with tert-alkyl or cyclic N) is 2. The molecule has 2 atom stereocenters. The van der Waals surface area contributed by atoms with Crippen LogP contribution in [0.1, 0.15) is 11.1 Å². The third-order valence-corrected chi connectivity index (χ3v) is 3.36. The summed E-state index contributed by atoms with van der Waals surface area (Å²) in [5.74, 6) is -0.131. The molecule has 0 aromatic heterocycles. The Bertz CT molecular complexity index is 466. The minimum atomic E-state index is -0.756. The fraction of sp³-hybridized carbons (Fsp3) is 0.500. The van der Waals surface area contributed by atoms with Crippen LogP contribution >= 0.6 is 0 Å². The van der Waals surface area contributed by atoms with Gasteiger partial charge in [0.1, 0.15) is 0 Å². The third kappa shape index (κ3) is 3.53. The molecule has 3 N–H and O–H groups in total. The highest BCUT2D eigenvalue weighted by molar-refractivity contribution is 5.93. The minimum absolute atomic E-state index is 0.131. The summed E-state index contributed by atoms with van der Waals surface area (Å²) in [6, 6.07) is 5.85. The van der Waals surface area contributed by atoms with Crippen molar-refractivity contribution in [2.24, 2.45) is 0 Å². The van der Waals surface area contributed by atoms with Crippen molar-refractivity contribution in [3.63, 3.8) is 0 Å². The summed E-state index contributed by atoms with van der Waals surface area (Å²) in [7, 11) is 0. The van der Waals surface area contributed by atoms with Gasteiger partial charge in [0.05, 0.1) is 18.8 Å². The normalized spacial score (nSPS) is 23.6. The first kappa shape index (κ1) is 14.0. The van der Waals surface area contributed by atoms with E-state index in [2.05, 4.69) is 5.32 Å². The molecule has 2 rings (SSSR count). The Kier molecular flexibility index (Phi) is 4.19. The molecule has 1 saturated heterocycles. The van der Waals surface area contributed by atoms with E-state index in [4.69, 9.17) is 0 Å². The lowest BCUT2D eigenvalue weighted by molar-refractivity contribution is -0.117. The van der Waals surface area contributed by atoms with E-state index in [9.17, 15) is 15.0 Å². The molecule has 1 fully saturated rings. The standard InChI is InChI=1S/C14H20N2O3/c1-9-3-4-11(10(2)5-9)15-14(19)8-16-6-12(17)13(18)7-16/h3-5,12-13,17-18H,6-8H2,1-2H3,(H,15,19). The zero-order valence-electron chi connectivity index (χ0n) is 11.3. The van der Waals surface area contributed by atoms with Gasteiger partial charge in [0.2, 0.25) is 5.91 Å². The maximum atomic E-state index is 11.9. The van der Waals surface area contributed by atoms with Gasteiger partial charge in [0.15, 0.2) is 0 Å². The van der Waals surface area contributed by atoms with Gasteiger partial charge in [0.25, 0.3) is 0 Å². The van der Waals surface area contributed by atoms with Gasteiger partial charge in [-0.3, -0.25) is 9.69 Å². The van der Waals surface area contributed by atoms with Crippen molar-refractivity contribution in [3.05, 3.63) is 29.3 Å². The van der Waals surface area contributed by atoms with E-state index in [1.54, 1.807) is 4.90 Å². The molecule has 1 aliphatic heterocycles. The van der Waals surface area contributed by atoms with Crippen LogP contribution in [0.3, 0.4) is 0 Å². The molecule has 1 aromatic rings. The molecule has 0 radical (unpaired) electrons. The molecule has 2 unspecified atom stereocenters. The van der Waals surface area contributed by atoms with Gasteiger partial charge < -0.3 is 15.5 Å². The van der Waals surface area contributed by atoms with Crippen LogP contribution in [0.5, 0.6) is 0 Å². The number of nitrogens with zero attached hydrogens (tertiary/aromatic N) is 1. The number of carbonyl (C=O) groups is 1. The fourth-order valence-corrected chi connectivity index (χ4v) is 2.32. The number of hydrogen-bond donors (Lipinski definition) is 3. The van der Waals surface area contributed by atoms with Gasteiger partial charge in [0, 0.05) is 18.8 Å². The van der Waals surface area contributed by atoms with E-state index in [0.29, 0.717) is 13.1 Å². The van der Waals surface area contributed by atoms with Gasteiger partial charge in [-0.2, -0.15) is 0 Å². The molecule has 5 heteroatoms. The number of carbonyl (C=O) groups excluding carboxylic acids is 1. The van der Waals surface area contributed by atoms with Crippen molar-refractivity contribution < 1.29 is 15.0 Å². The summed E-state index contributed by atoms with van der Waals surface area (Å²) in [6.07, 6.45) is -1.51. The number of amides is 1. The molecule has 0 aliphatic carbocycles. The van der Waals surface area contributed by atoms with E-state index in [1.807, 2.05) is 32.0 Å². The number of benzene rings is 1. The summed E-state index contributed by atoms with van der Waals surface area (Å²) >= 11 is 0. The predicted molar refractivity (Wildman–Crippen MR) is 73.0 cm³/mol. The van der Waals surface area contributed by atoms with E-state index in [-0.39, 0.29) is 12.5 Å². The number of anilines is 1. The molecule has 19 heavy (non-hydrogen) atoms. The Balaban J connectivity index is 1.91. The number of nitrogens with one attached hydrogen (secondary N) is 1. The quantitative estimate of drug-likeness (QED) is 0.733. The molecule has 0 bridgehead atoms. The monoisotopic (exact) mass is 264 g/mol. The second kappa shape index (κ2) is 5.69. The van der Waals surface area contributed by atoms with Crippen molar-refractivity contribution in [2.45, 2.75) is 26.1 Å². The zero-order chi connectivity index (χ0) is 14.0. The van der Waals surface area contributed by atoms with Gasteiger partial charge >= 0.3 is 0 Å². The van der Waals surface area contributed by atoms with E-state index in [0.717, 1.165) is 16.8 Å². The number of aliphatic hydroxyl groups is 2.